The van der Waals surface area contributed by atoms with Crippen molar-refractivity contribution >= 4 is 16.6 Å². The Labute approximate surface area is 112 Å². The molecule has 0 amide bonds. The average molecular weight is 257 g/mol. The van der Waals surface area contributed by atoms with Gasteiger partial charge >= 0.3 is 0 Å². The molecule has 1 aliphatic rings. The van der Waals surface area contributed by atoms with E-state index in [1.807, 2.05) is 18.3 Å². The second-order valence-corrected chi connectivity index (χ2v) is 5.73. The van der Waals surface area contributed by atoms with Gasteiger partial charge in [-0.15, -0.1) is 0 Å². The summed E-state index contributed by atoms with van der Waals surface area (Å²) in [5.41, 5.74) is 6.03. The molecular weight excluding hydrogens is 238 g/mol. The van der Waals surface area contributed by atoms with Crippen LogP contribution < -0.4 is 10.6 Å². The summed E-state index contributed by atoms with van der Waals surface area (Å²) in [5.74, 6) is 1.23. The van der Waals surface area contributed by atoms with Crippen LogP contribution in [0.25, 0.3) is 10.8 Å². The van der Waals surface area contributed by atoms with Crippen molar-refractivity contribution in [2.75, 3.05) is 24.5 Å². The smallest absolute Gasteiger partial charge is 0.136 e. The van der Waals surface area contributed by atoms with Crippen molar-refractivity contribution in [1.82, 2.24) is 4.98 Å². The molecule has 2 heterocycles. The number of benzene rings is 1. The fourth-order valence-corrected chi connectivity index (χ4v) is 2.76. The predicted octanol–water partition coefficient (Wildman–Crippen LogP) is 2.12. The minimum atomic E-state index is 0.167. The third kappa shape index (κ3) is 2.12. The minimum Gasteiger partial charge on any atom is -0.508 e. The standard InChI is InChI=1S/C15H19N3O/c1-15(9-16)5-7-18(10-15)14-13-8-12(19)3-2-11(13)4-6-17-14/h2-4,6,8,19H,5,7,9-10,16H2,1H3. The molecule has 4 heteroatoms. The van der Waals surface area contributed by atoms with Gasteiger partial charge in [-0.1, -0.05) is 13.0 Å². The van der Waals surface area contributed by atoms with Gasteiger partial charge in [-0.05, 0) is 42.0 Å². The van der Waals surface area contributed by atoms with Gasteiger partial charge in [-0.25, -0.2) is 4.98 Å². The van der Waals surface area contributed by atoms with Crippen molar-refractivity contribution in [1.29, 1.82) is 0 Å². The molecule has 4 nitrogen and oxygen atoms in total. The van der Waals surface area contributed by atoms with E-state index in [1.165, 1.54) is 0 Å². The number of fused-ring (bicyclic) bond motifs is 1. The number of aromatic hydroxyl groups is 1. The van der Waals surface area contributed by atoms with E-state index in [1.54, 1.807) is 12.1 Å². The van der Waals surface area contributed by atoms with E-state index in [2.05, 4.69) is 16.8 Å². The summed E-state index contributed by atoms with van der Waals surface area (Å²) in [7, 11) is 0. The summed E-state index contributed by atoms with van der Waals surface area (Å²) in [6, 6.07) is 7.39. The summed E-state index contributed by atoms with van der Waals surface area (Å²) < 4.78 is 0. The fraction of sp³-hybridized carbons (Fsp3) is 0.400. The first-order chi connectivity index (χ1) is 9.11. The lowest BCUT2D eigenvalue weighted by molar-refractivity contribution is 0.383. The Bertz CT molecular complexity index is 613. The first-order valence-electron chi connectivity index (χ1n) is 6.64. The van der Waals surface area contributed by atoms with Gasteiger partial charge in [0.2, 0.25) is 0 Å². The number of rotatable bonds is 2. The Hall–Kier alpha value is -1.81. The van der Waals surface area contributed by atoms with Gasteiger partial charge in [0.05, 0.1) is 0 Å². The van der Waals surface area contributed by atoms with Crippen LogP contribution in [0.15, 0.2) is 30.5 Å². The maximum atomic E-state index is 9.68. The molecule has 3 N–H and O–H groups in total. The van der Waals surface area contributed by atoms with E-state index in [4.69, 9.17) is 5.73 Å². The Morgan fingerprint density at radius 3 is 3.00 bits per heavy atom. The molecule has 0 radical (unpaired) electrons. The molecule has 1 atom stereocenters. The maximum absolute atomic E-state index is 9.68. The Kier molecular flexibility index (Phi) is 2.82. The first-order valence-corrected chi connectivity index (χ1v) is 6.64. The molecule has 0 saturated carbocycles. The highest BCUT2D eigenvalue weighted by Gasteiger charge is 2.33. The fourth-order valence-electron chi connectivity index (χ4n) is 2.76. The lowest BCUT2D eigenvalue weighted by Gasteiger charge is -2.24. The van der Waals surface area contributed by atoms with Crippen LogP contribution in [0.4, 0.5) is 5.82 Å². The van der Waals surface area contributed by atoms with Crippen molar-refractivity contribution in [2.45, 2.75) is 13.3 Å². The Morgan fingerprint density at radius 1 is 1.42 bits per heavy atom. The predicted molar refractivity (Wildman–Crippen MR) is 77.4 cm³/mol. The highest BCUT2D eigenvalue weighted by molar-refractivity contribution is 5.93. The van der Waals surface area contributed by atoms with Gasteiger partial charge in [-0.2, -0.15) is 0 Å². The van der Waals surface area contributed by atoms with E-state index in [9.17, 15) is 5.11 Å². The second kappa shape index (κ2) is 4.38. The van der Waals surface area contributed by atoms with Crippen LogP contribution in [0, 0.1) is 5.41 Å². The van der Waals surface area contributed by atoms with E-state index < -0.39 is 0 Å². The van der Waals surface area contributed by atoms with Crippen molar-refractivity contribution in [2.24, 2.45) is 11.1 Å². The average Bonchev–Trinajstić information content (AvgIpc) is 2.81. The summed E-state index contributed by atoms with van der Waals surface area (Å²) >= 11 is 0. The number of hydrogen-bond donors (Lipinski definition) is 2. The SMILES string of the molecule is CC1(CN)CCN(c2nccc3ccc(O)cc23)C1. The largest absolute Gasteiger partial charge is 0.508 e. The molecule has 19 heavy (non-hydrogen) atoms. The molecule has 2 aromatic rings. The van der Waals surface area contributed by atoms with Crippen molar-refractivity contribution in [3.63, 3.8) is 0 Å². The van der Waals surface area contributed by atoms with E-state index in [-0.39, 0.29) is 11.2 Å². The number of pyridine rings is 1. The zero-order chi connectivity index (χ0) is 13.5. The van der Waals surface area contributed by atoms with Gasteiger partial charge < -0.3 is 15.7 Å². The molecule has 0 aliphatic carbocycles. The summed E-state index contributed by atoms with van der Waals surface area (Å²) in [4.78, 5) is 6.78. The van der Waals surface area contributed by atoms with Crippen LogP contribution in [0.2, 0.25) is 0 Å². The van der Waals surface area contributed by atoms with Crippen LogP contribution in [0.3, 0.4) is 0 Å². The Morgan fingerprint density at radius 2 is 2.26 bits per heavy atom. The van der Waals surface area contributed by atoms with Gasteiger partial charge in [-0.3, -0.25) is 0 Å². The number of phenolic OH excluding ortho intramolecular Hbond substituents is 1. The summed E-state index contributed by atoms with van der Waals surface area (Å²) in [6.07, 6.45) is 2.91. The topological polar surface area (TPSA) is 62.4 Å². The van der Waals surface area contributed by atoms with Crippen LogP contribution in [-0.4, -0.2) is 29.7 Å². The lowest BCUT2D eigenvalue weighted by atomic mass is 9.90. The monoisotopic (exact) mass is 257 g/mol. The number of aromatic nitrogens is 1. The normalized spacial score (nSPS) is 23.2. The zero-order valence-electron chi connectivity index (χ0n) is 11.1. The van der Waals surface area contributed by atoms with Crippen LogP contribution in [0.1, 0.15) is 13.3 Å². The van der Waals surface area contributed by atoms with E-state index in [0.717, 1.165) is 36.1 Å². The molecule has 0 spiro atoms. The van der Waals surface area contributed by atoms with Crippen LogP contribution >= 0.6 is 0 Å². The van der Waals surface area contributed by atoms with E-state index in [0.29, 0.717) is 6.54 Å². The van der Waals surface area contributed by atoms with Gasteiger partial charge in [0.1, 0.15) is 11.6 Å². The zero-order valence-corrected chi connectivity index (χ0v) is 11.1. The molecule has 100 valence electrons. The highest BCUT2D eigenvalue weighted by atomic mass is 16.3. The molecule has 1 unspecified atom stereocenters. The Balaban J connectivity index is 2.04. The van der Waals surface area contributed by atoms with Crippen molar-refractivity contribution < 1.29 is 5.11 Å². The van der Waals surface area contributed by atoms with Gasteiger partial charge in [0.25, 0.3) is 0 Å². The highest BCUT2D eigenvalue weighted by Crippen LogP contribution is 2.35. The number of anilines is 1. The maximum Gasteiger partial charge on any atom is 0.136 e. The molecular formula is C15H19N3O. The van der Waals surface area contributed by atoms with Crippen LogP contribution in [-0.2, 0) is 0 Å². The number of hydrogen-bond acceptors (Lipinski definition) is 4. The van der Waals surface area contributed by atoms with Gasteiger partial charge in [0.15, 0.2) is 0 Å². The quantitative estimate of drug-likeness (QED) is 0.865. The molecule has 1 aliphatic heterocycles. The lowest BCUT2D eigenvalue weighted by Crippen LogP contribution is -2.31. The van der Waals surface area contributed by atoms with Crippen molar-refractivity contribution in [3.05, 3.63) is 30.5 Å². The number of nitrogens with two attached hydrogens (primary N) is 1. The number of phenols is 1. The van der Waals surface area contributed by atoms with E-state index >= 15 is 0 Å². The van der Waals surface area contributed by atoms with Crippen LogP contribution in [0.5, 0.6) is 5.75 Å². The molecule has 1 fully saturated rings. The third-order valence-electron chi connectivity index (χ3n) is 4.08. The molecule has 3 rings (SSSR count). The third-order valence-corrected chi connectivity index (χ3v) is 4.08. The molecule has 1 aromatic carbocycles. The molecule has 1 saturated heterocycles. The summed E-state index contributed by atoms with van der Waals surface area (Å²) in [6.45, 7) is 4.80. The number of nitrogens with zero attached hydrogens (tertiary/aromatic N) is 2. The molecule has 0 bridgehead atoms. The first kappa shape index (κ1) is 12.2. The molecule has 1 aromatic heterocycles. The second-order valence-electron chi connectivity index (χ2n) is 5.73. The van der Waals surface area contributed by atoms with Crippen molar-refractivity contribution in [3.8, 4) is 5.75 Å². The van der Waals surface area contributed by atoms with Gasteiger partial charge in [0, 0.05) is 24.7 Å². The minimum absolute atomic E-state index is 0.167. The summed E-state index contributed by atoms with van der Waals surface area (Å²) in [5, 5.41) is 11.8.